The molecule has 0 rings (SSSR count). The fraction of sp³-hybridized carbons (Fsp3) is 0.571. The molecule has 14 heteroatoms. The average molecular weight is 344 g/mol. The van der Waals surface area contributed by atoms with Crippen LogP contribution in [0, 0.1) is 0 Å². The maximum absolute atomic E-state index is 13.1. The Morgan fingerprint density at radius 2 is 1.14 bits per heavy atom. The van der Waals surface area contributed by atoms with E-state index in [1.165, 1.54) is 0 Å². The molecule has 2 nitrogen and oxygen atoms in total. The monoisotopic (exact) mass is 344 g/mol. The summed E-state index contributed by atoms with van der Waals surface area (Å²) in [4.78, 5) is 9.63. The van der Waals surface area contributed by atoms with Gasteiger partial charge in [-0.1, -0.05) is 0 Å². The lowest BCUT2D eigenvalue weighted by Crippen LogP contribution is -2.68. The molecule has 0 saturated heterocycles. The van der Waals surface area contributed by atoms with E-state index in [0.29, 0.717) is 0 Å². The SMILES string of the molecule is O=C(F)C(F)(F)C(F)(C(F)(F)F)C(F)(F)OC(F)=C(F)F. The van der Waals surface area contributed by atoms with E-state index in [2.05, 4.69) is 0 Å². The van der Waals surface area contributed by atoms with Crippen molar-refractivity contribution in [2.45, 2.75) is 23.9 Å². The lowest BCUT2D eigenvalue weighted by Gasteiger charge is -2.36. The number of carbonyl (C=O) groups excluding carboxylic acids is 1. The highest BCUT2D eigenvalue weighted by Gasteiger charge is 2.88. The van der Waals surface area contributed by atoms with Gasteiger partial charge >= 0.3 is 42.0 Å². The normalized spacial score (nSPS) is 16.2. The fourth-order valence-corrected chi connectivity index (χ4v) is 0.883. The van der Waals surface area contributed by atoms with Gasteiger partial charge in [0.25, 0.3) is 0 Å². The topological polar surface area (TPSA) is 26.3 Å². The van der Waals surface area contributed by atoms with Crippen LogP contribution in [-0.4, -0.2) is 29.9 Å². The molecule has 0 spiro atoms. The van der Waals surface area contributed by atoms with Gasteiger partial charge < -0.3 is 4.74 Å². The predicted octanol–water partition coefficient (Wildman–Crippen LogP) is 4.03. The second kappa shape index (κ2) is 5.29. The minimum Gasteiger partial charge on any atom is -0.399 e. The molecule has 0 amide bonds. The maximum atomic E-state index is 13.1. The molecule has 1 atom stereocenters. The minimum absolute atomic E-state index is 1.86. The van der Waals surface area contributed by atoms with Gasteiger partial charge in [-0.2, -0.15) is 48.3 Å². The third-order valence-corrected chi connectivity index (χ3v) is 1.84. The Bertz CT molecular complexity index is 447. The van der Waals surface area contributed by atoms with Gasteiger partial charge in [0.2, 0.25) is 0 Å². The molecule has 0 aliphatic carbocycles. The molecular formula is C7F12O2. The molecule has 0 bridgehead atoms. The van der Waals surface area contributed by atoms with Crippen molar-refractivity contribution in [3.05, 3.63) is 12.1 Å². The van der Waals surface area contributed by atoms with E-state index in [0.717, 1.165) is 0 Å². The van der Waals surface area contributed by atoms with E-state index in [4.69, 9.17) is 0 Å². The van der Waals surface area contributed by atoms with Crippen LogP contribution in [0.5, 0.6) is 0 Å². The third-order valence-electron chi connectivity index (χ3n) is 1.84. The van der Waals surface area contributed by atoms with Gasteiger partial charge in [-0.05, 0) is 0 Å². The smallest absolute Gasteiger partial charge is 0.399 e. The number of halogens is 12. The number of ether oxygens (including phenoxy) is 1. The van der Waals surface area contributed by atoms with Crippen LogP contribution >= 0.6 is 0 Å². The zero-order valence-electron chi connectivity index (χ0n) is 8.85. The summed E-state index contributed by atoms with van der Waals surface area (Å²) in [7, 11) is 0. The molecule has 124 valence electrons. The van der Waals surface area contributed by atoms with Crippen molar-refractivity contribution >= 4 is 6.04 Å². The van der Waals surface area contributed by atoms with Gasteiger partial charge in [0.1, 0.15) is 0 Å². The standard InChI is InChI=1S/C7F12O2/c8-1(9)2(10)21-7(18,19)5(14,6(15,16)17)4(12,13)3(11)20. The average Bonchev–Trinajstić information content (AvgIpc) is 2.24. The summed E-state index contributed by atoms with van der Waals surface area (Å²) in [5, 5.41) is 0. The third kappa shape index (κ3) is 3.02. The first-order valence-corrected chi connectivity index (χ1v) is 4.13. The lowest BCUT2D eigenvalue weighted by molar-refractivity contribution is -0.416. The van der Waals surface area contributed by atoms with Crippen molar-refractivity contribution in [2.75, 3.05) is 0 Å². The number of rotatable bonds is 5. The van der Waals surface area contributed by atoms with Crippen LogP contribution in [0.3, 0.4) is 0 Å². The molecule has 0 heterocycles. The molecule has 0 radical (unpaired) electrons. The van der Waals surface area contributed by atoms with E-state index < -0.39 is 42.0 Å². The first-order valence-electron chi connectivity index (χ1n) is 4.13. The maximum Gasteiger partial charge on any atom is 0.451 e. The van der Waals surface area contributed by atoms with Gasteiger partial charge in [0, 0.05) is 0 Å². The molecule has 0 fully saturated rings. The second-order valence-electron chi connectivity index (χ2n) is 3.16. The highest BCUT2D eigenvalue weighted by atomic mass is 19.4. The van der Waals surface area contributed by atoms with Crippen molar-refractivity contribution in [3.63, 3.8) is 0 Å². The van der Waals surface area contributed by atoms with Crippen LogP contribution in [0.4, 0.5) is 52.7 Å². The molecule has 0 saturated carbocycles. The van der Waals surface area contributed by atoms with Gasteiger partial charge in [-0.15, -0.1) is 0 Å². The van der Waals surface area contributed by atoms with E-state index in [1.807, 2.05) is 4.74 Å². The van der Waals surface area contributed by atoms with Crippen LogP contribution in [0.25, 0.3) is 0 Å². The highest BCUT2D eigenvalue weighted by molar-refractivity contribution is 5.78. The molecule has 0 N–H and O–H groups in total. The molecule has 0 aromatic carbocycles. The summed E-state index contributed by atoms with van der Waals surface area (Å²) >= 11 is 0. The zero-order valence-corrected chi connectivity index (χ0v) is 8.85. The van der Waals surface area contributed by atoms with Gasteiger partial charge in [-0.25, -0.2) is 4.39 Å². The van der Waals surface area contributed by atoms with E-state index >= 15 is 0 Å². The Balaban J connectivity index is 6.21. The largest absolute Gasteiger partial charge is 0.451 e. The van der Waals surface area contributed by atoms with Crippen molar-refractivity contribution < 1.29 is 62.2 Å². The first kappa shape index (κ1) is 19.4. The summed E-state index contributed by atoms with van der Waals surface area (Å²) in [5.74, 6) is -7.11. The van der Waals surface area contributed by atoms with Crippen molar-refractivity contribution in [1.82, 2.24) is 0 Å². The quantitative estimate of drug-likeness (QED) is 0.428. The Labute approximate surface area is 106 Å². The minimum atomic E-state index is -7.45. The number of carbonyl (C=O) groups is 1. The highest BCUT2D eigenvalue weighted by Crippen LogP contribution is 2.55. The summed E-state index contributed by atoms with van der Waals surface area (Å²) in [6.07, 6.45) is -18.4. The molecule has 0 aliphatic heterocycles. The summed E-state index contributed by atoms with van der Waals surface area (Å²) in [6.45, 7) is 0. The first-order chi connectivity index (χ1) is 9.02. The fourth-order valence-electron chi connectivity index (χ4n) is 0.883. The van der Waals surface area contributed by atoms with E-state index in [-0.39, 0.29) is 0 Å². The van der Waals surface area contributed by atoms with E-state index in [9.17, 15) is 57.5 Å². The molecule has 0 aliphatic rings. The number of hydrogen-bond donors (Lipinski definition) is 0. The van der Waals surface area contributed by atoms with Gasteiger partial charge in [0.05, 0.1) is 0 Å². The van der Waals surface area contributed by atoms with E-state index in [1.54, 1.807) is 0 Å². The van der Waals surface area contributed by atoms with Crippen LogP contribution in [0.1, 0.15) is 0 Å². The Kier molecular flexibility index (Phi) is 4.88. The molecule has 0 aromatic heterocycles. The van der Waals surface area contributed by atoms with Crippen LogP contribution in [0.2, 0.25) is 0 Å². The molecule has 1 unspecified atom stereocenters. The summed E-state index contributed by atoms with van der Waals surface area (Å²) < 4.78 is 148. The molecular weight excluding hydrogens is 344 g/mol. The molecule has 0 aromatic rings. The molecule has 21 heavy (non-hydrogen) atoms. The van der Waals surface area contributed by atoms with Crippen LogP contribution in [-0.2, 0) is 9.53 Å². The number of hydrogen-bond acceptors (Lipinski definition) is 2. The van der Waals surface area contributed by atoms with Crippen molar-refractivity contribution in [1.29, 1.82) is 0 Å². The Morgan fingerprint density at radius 3 is 1.38 bits per heavy atom. The van der Waals surface area contributed by atoms with Gasteiger partial charge in [-0.3, -0.25) is 4.79 Å². The zero-order chi connectivity index (χ0) is 17.4. The lowest BCUT2D eigenvalue weighted by atomic mass is 9.95. The number of alkyl halides is 8. The summed E-state index contributed by atoms with van der Waals surface area (Å²) in [6, 6.07) is -8.36. The second-order valence-corrected chi connectivity index (χ2v) is 3.16. The van der Waals surface area contributed by atoms with Gasteiger partial charge in [0.15, 0.2) is 0 Å². The Hall–Kier alpha value is -1.63. The van der Waals surface area contributed by atoms with Crippen LogP contribution in [0.15, 0.2) is 12.1 Å². The van der Waals surface area contributed by atoms with Crippen molar-refractivity contribution in [3.8, 4) is 0 Å². The van der Waals surface area contributed by atoms with Crippen molar-refractivity contribution in [2.24, 2.45) is 0 Å². The van der Waals surface area contributed by atoms with Crippen LogP contribution < -0.4 is 0 Å². The summed E-state index contributed by atoms with van der Waals surface area (Å²) in [5.41, 5.74) is -7.45. The Morgan fingerprint density at radius 1 is 0.762 bits per heavy atom. The predicted molar refractivity (Wildman–Crippen MR) is 37.3 cm³/mol.